The van der Waals surface area contributed by atoms with E-state index in [2.05, 4.69) is 10.3 Å². The molecule has 0 fully saturated rings. The summed E-state index contributed by atoms with van der Waals surface area (Å²) in [5.41, 5.74) is 4.69. The number of nitriles is 1. The van der Waals surface area contributed by atoms with Gasteiger partial charge < -0.3 is 15.8 Å². The summed E-state index contributed by atoms with van der Waals surface area (Å²) in [5.74, 6) is -4.95. The fourth-order valence-electron chi connectivity index (χ4n) is 3.14. The molecule has 3 N–H and O–H groups in total. The standard InChI is InChI=1S/C23H18F4N4O2/c1-2-33-22(23(32)31-11-15-16(24)5-12(9-28)6-17(15)25)21-18(26)7-14(8-19(21)27)13-3-4-20(29)30-10-13/h3-8,10,22H,2,11H2,1H3,(H2,29,30)(H,31,32)/t22-/m0/s1. The minimum Gasteiger partial charge on any atom is -0.384 e. The normalized spacial score (nSPS) is 11.6. The number of aromatic nitrogens is 1. The third-order valence-corrected chi connectivity index (χ3v) is 4.74. The van der Waals surface area contributed by atoms with Crippen molar-refractivity contribution in [3.8, 4) is 17.2 Å². The van der Waals surface area contributed by atoms with Gasteiger partial charge >= 0.3 is 0 Å². The average Bonchev–Trinajstić information content (AvgIpc) is 2.77. The zero-order chi connectivity index (χ0) is 24.1. The van der Waals surface area contributed by atoms with Gasteiger partial charge in [-0.05, 0) is 48.9 Å². The molecule has 0 aliphatic rings. The van der Waals surface area contributed by atoms with Crippen molar-refractivity contribution in [3.63, 3.8) is 0 Å². The van der Waals surface area contributed by atoms with Crippen molar-refractivity contribution in [1.82, 2.24) is 10.3 Å². The van der Waals surface area contributed by atoms with Crippen LogP contribution in [0.4, 0.5) is 23.4 Å². The van der Waals surface area contributed by atoms with E-state index in [0.717, 1.165) is 24.3 Å². The Bertz CT molecular complexity index is 1180. The summed E-state index contributed by atoms with van der Waals surface area (Å²) in [4.78, 5) is 16.5. The van der Waals surface area contributed by atoms with Gasteiger partial charge in [0.1, 0.15) is 29.1 Å². The molecule has 0 aliphatic carbocycles. The first-order valence-corrected chi connectivity index (χ1v) is 9.73. The number of rotatable bonds is 7. The molecule has 0 aliphatic heterocycles. The number of amides is 1. The SMILES string of the molecule is CCO[C@H](C(=O)NCc1c(F)cc(C#N)cc1F)c1c(F)cc(-c2ccc(N)nc2)cc1F. The van der Waals surface area contributed by atoms with Crippen molar-refractivity contribution in [2.24, 2.45) is 0 Å². The van der Waals surface area contributed by atoms with E-state index in [0.29, 0.717) is 5.56 Å². The molecule has 1 aromatic heterocycles. The van der Waals surface area contributed by atoms with Crippen molar-refractivity contribution in [2.75, 3.05) is 12.3 Å². The molecule has 1 amide bonds. The monoisotopic (exact) mass is 458 g/mol. The number of hydrogen-bond donors (Lipinski definition) is 2. The van der Waals surface area contributed by atoms with Gasteiger partial charge in [0.2, 0.25) is 0 Å². The third kappa shape index (κ3) is 5.27. The Morgan fingerprint density at radius 1 is 1.09 bits per heavy atom. The number of benzene rings is 2. The van der Waals surface area contributed by atoms with Crippen LogP contribution in [0.5, 0.6) is 0 Å². The zero-order valence-corrected chi connectivity index (χ0v) is 17.3. The van der Waals surface area contributed by atoms with Gasteiger partial charge in [-0.1, -0.05) is 0 Å². The molecule has 0 spiro atoms. The van der Waals surface area contributed by atoms with Gasteiger partial charge in [0.05, 0.1) is 17.2 Å². The second-order valence-corrected chi connectivity index (χ2v) is 6.91. The highest BCUT2D eigenvalue weighted by molar-refractivity contribution is 5.82. The highest BCUT2D eigenvalue weighted by Gasteiger charge is 2.29. The van der Waals surface area contributed by atoms with Crippen LogP contribution in [0.1, 0.15) is 29.7 Å². The number of nitrogens with two attached hydrogens (primary N) is 1. The first-order valence-electron chi connectivity index (χ1n) is 9.73. The molecule has 6 nitrogen and oxygen atoms in total. The van der Waals surface area contributed by atoms with Crippen LogP contribution in [-0.2, 0) is 16.1 Å². The molecule has 3 rings (SSSR count). The lowest BCUT2D eigenvalue weighted by Gasteiger charge is -2.19. The maximum atomic E-state index is 14.9. The number of halogens is 4. The molecule has 2 aromatic carbocycles. The van der Waals surface area contributed by atoms with E-state index in [4.69, 9.17) is 15.7 Å². The Balaban J connectivity index is 1.87. The second kappa shape index (κ2) is 10.1. The maximum absolute atomic E-state index is 14.9. The molecule has 10 heteroatoms. The topological polar surface area (TPSA) is 101 Å². The van der Waals surface area contributed by atoms with Gasteiger partial charge in [0, 0.05) is 30.5 Å². The number of nitrogens with one attached hydrogen (secondary N) is 1. The molecular weight excluding hydrogens is 440 g/mol. The molecular formula is C23H18F4N4O2. The summed E-state index contributed by atoms with van der Waals surface area (Å²) in [7, 11) is 0. The van der Waals surface area contributed by atoms with E-state index in [1.165, 1.54) is 25.3 Å². The van der Waals surface area contributed by atoms with Crippen molar-refractivity contribution in [3.05, 3.63) is 82.6 Å². The number of ether oxygens (including phenoxy) is 1. The molecule has 0 saturated heterocycles. The molecule has 3 aromatic rings. The van der Waals surface area contributed by atoms with E-state index in [1.807, 2.05) is 0 Å². The van der Waals surface area contributed by atoms with E-state index in [9.17, 15) is 22.4 Å². The molecule has 0 radical (unpaired) electrons. The van der Waals surface area contributed by atoms with Crippen LogP contribution in [-0.4, -0.2) is 17.5 Å². The lowest BCUT2D eigenvalue weighted by atomic mass is 10.0. The summed E-state index contributed by atoms with van der Waals surface area (Å²) >= 11 is 0. The summed E-state index contributed by atoms with van der Waals surface area (Å²) in [6.07, 6.45) is -0.366. The Kier molecular flexibility index (Phi) is 7.25. The van der Waals surface area contributed by atoms with Crippen molar-refractivity contribution in [1.29, 1.82) is 5.26 Å². The van der Waals surface area contributed by atoms with E-state index in [1.54, 1.807) is 6.07 Å². The Morgan fingerprint density at radius 2 is 1.73 bits per heavy atom. The molecule has 1 atom stereocenters. The van der Waals surface area contributed by atoms with Gasteiger partial charge in [-0.3, -0.25) is 4.79 Å². The number of anilines is 1. The predicted octanol–water partition coefficient (Wildman–Crippen LogP) is 4.15. The van der Waals surface area contributed by atoms with Crippen LogP contribution < -0.4 is 11.1 Å². The minimum atomic E-state index is -1.71. The Morgan fingerprint density at radius 3 is 2.24 bits per heavy atom. The third-order valence-electron chi connectivity index (χ3n) is 4.74. The van der Waals surface area contributed by atoms with E-state index >= 15 is 0 Å². The predicted molar refractivity (Wildman–Crippen MR) is 111 cm³/mol. The number of hydrogen-bond acceptors (Lipinski definition) is 5. The highest BCUT2D eigenvalue weighted by Crippen LogP contribution is 2.30. The minimum absolute atomic E-state index is 0.0693. The van der Waals surface area contributed by atoms with Crippen LogP contribution in [0.15, 0.2) is 42.6 Å². The average molecular weight is 458 g/mol. The van der Waals surface area contributed by atoms with Crippen LogP contribution in [0.25, 0.3) is 11.1 Å². The molecule has 0 bridgehead atoms. The summed E-state index contributed by atoms with van der Waals surface area (Å²) in [5, 5.41) is 11.0. The quantitative estimate of drug-likeness (QED) is 0.518. The van der Waals surface area contributed by atoms with Crippen LogP contribution >= 0.6 is 0 Å². The van der Waals surface area contributed by atoms with Crippen molar-refractivity contribution in [2.45, 2.75) is 19.6 Å². The highest BCUT2D eigenvalue weighted by atomic mass is 19.1. The molecule has 0 saturated carbocycles. The lowest BCUT2D eigenvalue weighted by molar-refractivity contribution is -0.133. The van der Waals surface area contributed by atoms with Crippen LogP contribution in [0.3, 0.4) is 0 Å². The van der Waals surface area contributed by atoms with Gasteiger partial charge in [0.15, 0.2) is 6.10 Å². The van der Waals surface area contributed by atoms with Crippen LogP contribution in [0, 0.1) is 34.6 Å². The summed E-state index contributed by atoms with van der Waals surface area (Å²) in [6.45, 7) is 0.828. The van der Waals surface area contributed by atoms with Crippen LogP contribution in [0.2, 0.25) is 0 Å². The van der Waals surface area contributed by atoms with E-state index < -0.39 is 53.0 Å². The number of nitrogens with zero attached hydrogens (tertiary/aromatic N) is 2. The first kappa shape index (κ1) is 23.7. The second-order valence-electron chi connectivity index (χ2n) is 6.91. The summed E-state index contributed by atoms with van der Waals surface area (Å²) in [6, 6.07) is 8.27. The van der Waals surface area contributed by atoms with Gasteiger partial charge in [-0.15, -0.1) is 0 Å². The fraction of sp³-hybridized carbons (Fsp3) is 0.174. The smallest absolute Gasteiger partial charge is 0.254 e. The zero-order valence-electron chi connectivity index (χ0n) is 17.3. The number of pyridine rings is 1. The summed E-state index contributed by atoms with van der Waals surface area (Å²) < 4.78 is 63.2. The fourth-order valence-corrected chi connectivity index (χ4v) is 3.14. The Labute approximate surface area is 186 Å². The van der Waals surface area contributed by atoms with E-state index in [-0.39, 0.29) is 23.6 Å². The Hall–Kier alpha value is -3.97. The number of nitrogen functional groups attached to an aromatic ring is 1. The molecule has 33 heavy (non-hydrogen) atoms. The van der Waals surface area contributed by atoms with Gasteiger partial charge in [-0.2, -0.15) is 5.26 Å². The maximum Gasteiger partial charge on any atom is 0.254 e. The molecule has 170 valence electrons. The van der Waals surface area contributed by atoms with Crippen molar-refractivity contribution < 1.29 is 27.1 Å². The molecule has 0 unspecified atom stereocenters. The first-order chi connectivity index (χ1) is 15.7. The number of carbonyl (C=O) groups excluding carboxylic acids is 1. The lowest BCUT2D eigenvalue weighted by Crippen LogP contribution is -2.32. The van der Waals surface area contributed by atoms with Gasteiger partial charge in [-0.25, -0.2) is 22.5 Å². The number of carbonyl (C=O) groups is 1. The van der Waals surface area contributed by atoms with Crippen molar-refractivity contribution >= 4 is 11.7 Å². The largest absolute Gasteiger partial charge is 0.384 e. The molecule has 1 heterocycles. The van der Waals surface area contributed by atoms with Gasteiger partial charge in [0.25, 0.3) is 5.91 Å².